The molecule has 1 saturated heterocycles. The van der Waals surface area contributed by atoms with Gasteiger partial charge in [0.1, 0.15) is 24.4 Å². The lowest BCUT2D eigenvalue weighted by Crippen LogP contribution is -2.60. The molecule has 5 atom stereocenters. The van der Waals surface area contributed by atoms with Gasteiger partial charge in [-0.05, 0) is 101 Å². The van der Waals surface area contributed by atoms with Crippen LogP contribution >= 0.6 is 0 Å². The number of rotatable bonds is 20. The van der Waals surface area contributed by atoms with Gasteiger partial charge in [0.25, 0.3) is 0 Å². The second-order valence-corrected chi connectivity index (χ2v) is 14.7. The molecule has 0 saturated carbocycles. The quantitative estimate of drug-likeness (QED) is 0.0937. The first-order valence-corrected chi connectivity index (χ1v) is 18.6. The standard InChI is InChI=1S/C46H68O6/c1-34(2)19-13-22-37(5)25-16-28-38(6)26-14-23-35(3)20-11-12-21-36(4)24-15-27-39(7)29-17-30-40(8)31-18-32-46(9,10)52-45-44(50)43(49)42(48)41(33-47)51-45/h11-15,17,19-27,29-30,41-45,47-50H,16,18,28,31-33H2,1-10H3/b12-11+,22-13+,23-14+,24-15+,29-17+,35-20+,36-21+,37-25+,38-26+,39-27+,40-30+/t41-,42-,43+,44-,45+/m1/s1. The molecule has 6 heteroatoms. The summed E-state index contributed by atoms with van der Waals surface area (Å²) in [6, 6.07) is 0. The Hall–Kier alpha value is -3.36. The van der Waals surface area contributed by atoms with E-state index in [0.717, 1.165) is 36.8 Å². The number of allylic oxidation sites excluding steroid dienone is 24. The summed E-state index contributed by atoms with van der Waals surface area (Å²) in [5, 5.41) is 39.7. The molecule has 1 aliphatic rings. The number of aliphatic hydroxyl groups is 4. The molecule has 1 fully saturated rings. The van der Waals surface area contributed by atoms with Gasteiger partial charge >= 0.3 is 0 Å². The second kappa shape index (κ2) is 25.6. The highest BCUT2D eigenvalue weighted by molar-refractivity contribution is 5.31. The molecular formula is C46H68O6. The summed E-state index contributed by atoms with van der Waals surface area (Å²) in [7, 11) is 0. The van der Waals surface area contributed by atoms with Crippen molar-refractivity contribution in [2.75, 3.05) is 6.61 Å². The van der Waals surface area contributed by atoms with Gasteiger partial charge in [0.2, 0.25) is 0 Å². The van der Waals surface area contributed by atoms with Gasteiger partial charge in [-0.15, -0.1) is 0 Å². The Morgan fingerprint density at radius 2 is 1.08 bits per heavy atom. The van der Waals surface area contributed by atoms with E-state index >= 15 is 0 Å². The highest BCUT2D eigenvalue weighted by Crippen LogP contribution is 2.28. The van der Waals surface area contributed by atoms with Gasteiger partial charge in [-0.3, -0.25) is 0 Å². The summed E-state index contributed by atoms with van der Waals surface area (Å²) >= 11 is 0. The van der Waals surface area contributed by atoms with Crippen molar-refractivity contribution in [2.24, 2.45) is 0 Å². The predicted molar refractivity (Wildman–Crippen MR) is 220 cm³/mol. The Morgan fingerprint density at radius 3 is 1.62 bits per heavy atom. The van der Waals surface area contributed by atoms with E-state index in [2.05, 4.69) is 159 Å². The maximum atomic E-state index is 10.3. The summed E-state index contributed by atoms with van der Waals surface area (Å²) < 4.78 is 11.5. The van der Waals surface area contributed by atoms with Crippen LogP contribution in [-0.4, -0.2) is 63.3 Å². The molecule has 0 bridgehead atoms. The molecule has 1 heterocycles. The molecule has 0 unspecified atom stereocenters. The molecule has 1 rings (SSSR count). The number of hydrogen-bond donors (Lipinski definition) is 4. The third kappa shape index (κ3) is 21.2. The van der Waals surface area contributed by atoms with Crippen LogP contribution in [0, 0.1) is 0 Å². The van der Waals surface area contributed by atoms with E-state index < -0.39 is 42.9 Å². The SMILES string of the molecule is CC(C)=C/C=C/C(C)=C/CC/C(C)=C/C=C/C(C)=C/C=C/C=C(C)/C=C/C=C(C)/C=C/C=C(\C)CCCC(C)(C)O[C@@H]1O[C@H](CO)[C@@H](O)[C@H](O)[C@H]1O. The average molecular weight is 717 g/mol. The van der Waals surface area contributed by atoms with Crippen LogP contribution in [0.1, 0.15) is 101 Å². The predicted octanol–water partition coefficient (Wildman–Crippen LogP) is 9.96. The number of aliphatic hydroxyl groups excluding tert-OH is 4. The minimum Gasteiger partial charge on any atom is -0.394 e. The molecule has 0 amide bonds. The van der Waals surface area contributed by atoms with E-state index in [1.165, 1.54) is 27.9 Å². The van der Waals surface area contributed by atoms with Crippen LogP contribution in [0.4, 0.5) is 0 Å². The van der Waals surface area contributed by atoms with Crippen molar-refractivity contribution in [3.05, 3.63) is 142 Å². The monoisotopic (exact) mass is 717 g/mol. The first-order chi connectivity index (χ1) is 24.5. The number of hydrogen-bond acceptors (Lipinski definition) is 6. The molecule has 0 aliphatic carbocycles. The maximum Gasteiger partial charge on any atom is 0.187 e. The molecule has 6 nitrogen and oxygen atoms in total. The third-order valence-corrected chi connectivity index (χ3v) is 8.45. The van der Waals surface area contributed by atoms with Gasteiger partial charge < -0.3 is 29.9 Å². The van der Waals surface area contributed by atoms with E-state index in [1.807, 2.05) is 13.8 Å². The lowest BCUT2D eigenvalue weighted by Gasteiger charge is -2.42. The zero-order valence-electron chi connectivity index (χ0n) is 33.5. The maximum absolute atomic E-state index is 10.3. The van der Waals surface area contributed by atoms with Crippen molar-refractivity contribution >= 4 is 0 Å². The topological polar surface area (TPSA) is 99.4 Å². The molecule has 0 aromatic rings. The van der Waals surface area contributed by atoms with Crippen LogP contribution in [0.5, 0.6) is 0 Å². The Balaban J connectivity index is 2.49. The minimum atomic E-state index is -1.45. The van der Waals surface area contributed by atoms with E-state index in [0.29, 0.717) is 6.42 Å². The summed E-state index contributed by atoms with van der Waals surface area (Å²) in [5.74, 6) is 0. The highest BCUT2D eigenvalue weighted by atomic mass is 16.7. The molecular weight excluding hydrogens is 649 g/mol. The smallest absolute Gasteiger partial charge is 0.187 e. The van der Waals surface area contributed by atoms with E-state index in [1.54, 1.807) is 0 Å². The first-order valence-electron chi connectivity index (χ1n) is 18.6. The molecule has 0 spiro atoms. The van der Waals surface area contributed by atoms with Crippen LogP contribution in [0.25, 0.3) is 0 Å². The fourth-order valence-corrected chi connectivity index (χ4v) is 5.15. The van der Waals surface area contributed by atoms with Crippen molar-refractivity contribution in [2.45, 2.75) is 138 Å². The fraction of sp³-hybridized carbons (Fsp3) is 0.478. The van der Waals surface area contributed by atoms with Gasteiger partial charge in [0, 0.05) is 0 Å². The van der Waals surface area contributed by atoms with Crippen LogP contribution in [0.2, 0.25) is 0 Å². The average Bonchev–Trinajstić information content (AvgIpc) is 3.06. The summed E-state index contributed by atoms with van der Waals surface area (Å²) in [5.41, 5.74) is 8.07. The van der Waals surface area contributed by atoms with Gasteiger partial charge in [-0.1, -0.05) is 142 Å². The van der Waals surface area contributed by atoms with Gasteiger partial charge in [-0.2, -0.15) is 0 Å². The molecule has 1 aliphatic heterocycles. The van der Waals surface area contributed by atoms with Crippen LogP contribution in [-0.2, 0) is 9.47 Å². The van der Waals surface area contributed by atoms with Crippen LogP contribution < -0.4 is 0 Å². The third-order valence-electron chi connectivity index (χ3n) is 8.45. The van der Waals surface area contributed by atoms with Crippen molar-refractivity contribution in [1.29, 1.82) is 0 Å². The molecule has 0 aromatic heterocycles. The zero-order valence-corrected chi connectivity index (χ0v) is 33.5. The Kier molecular flexibility index (Phi) is 23.0. The second-order valence-electron chi connectivity index (χ2n) is 14.7. The number of ether oxygens (including phenoxy) is 2. The van der Waals surface area contributed by atoms with Crippen LogP contribution in [0.15, 0.2) is 142 Å². The molecule has 288 valence electrons. The highest BCUT2D eigenvalue weighted by Gasteiger charge is 2.45. The summed E-state index contributed by atoms with van der Waals surface area (Å²) in [6.07, 6.45) is 34.1. The van der Waals surface area contributed by atoms with E-state index in [4.69, 9.17) is 9.47 Å². The first kappa shape index (κ1) is 46.7. The van der Waals surface area contributed by atoms with E-state index in [-0.39, 0.29) is 0 Å². The van der Waals surface area contributed by atoms with Crippen molar-refractivity contribution in [3.63, 3.8) is 0 Å². The van der Waals surface area contributed by atoms with Crippen molar-refractivity contribution in [1.82, 2.24) is 0 Å². The molecule has 52 heavy (non-hydrogen) atoms. The largest absolute Gasteiger partial charge is 0.394 e. The zero-order chi connectivity index (χ0) is 39.1. The Morgan fingerprint density at radius 1 is 0.596 bits per heavy atom. The van der Waals surface area contributed by atoms with Gasteiger partial charge in [0.15, 0.2) is 6.29 Å². The Bertz CT molecular complexity index is 1450. The van der Waals surface area contributed by atoms with Crippen LogP contribution in [0.3, 0.4) is 0 Å². The van der Waals surface area contributed by atoms with E-state index in [9.17, 15) is 20.4 Å². The van der Waals surface area contributed by atoms with Crippen molar-refractivity contribution < 1.29 is 29.9 Å². The summed E-state index contributed by atoms with van der Waals surface area (Å²) in [4.78, 5) is 0. The molecule has 4 N–H and O–H groups in total. The summed E-state index contributed by atoms with van der Waals surface area (Å²) in [6.45, 7) is 20.2. The minimum absolute atomic E-state index is 0.479. The fourth-order valence-electron chi connectivity index (χ4n) is 5.15. The van der Waals surface area contributed by atoms with Gasteiger partial charge in [0.05, 0.1) is 12.2 Å². The van der Waals surface area contributed by atoms with Gasteiger partial charge in [-0.25, -0.2) is 0 Å². The molecule has 0 radical (unpaired) electrons. The van der Waals surface area contributed by atoms with Crippen molar-refractivity contribution in [3.8, 4) is 0 Å². The lowest BCUT2D eigenvalue weighted by molar-refractivity contribution is -0.323. The normalized spacial score (nSPS) is 23.8. The Labute approximate surface area is 315 Å². The molecule has 0 aromatic carbocycles. The lowest BCUT2D eigenvalue weighted by atomic mass is 9.96.